The number of anilines is 1. The molecule has 0 unspecified atom stereocenters. The van der Waals surface area contributed by atoms with Crippen LogP contribution in [0.2, 0.25) is 0 Å². The first-order chi connectivity index (χ1) is 14.1. The van der Waals surface area contributed by atoms with Crippen molar-refractivity contribution < 1.29 is 9.59 Å². The van der Waals surface area contributed by atoms with Crippen molar-refractivity contribution in [3.05, 3.63) is 76.3 Å². The number of amides is 2. The number of nitrogens with zero attached hydrogens (tertiary/aromatic N) is 3. The summed E-state index contributed by atoms with van der Waals surface area (Å²) in [5.74, 6) is -0.298. The molecule has 7 heteroatoms. The molecular weight excluding hydrogens is 384 g/mol. The molecule has 1 aliphatic carbocycles. The number of fused-ring (bicyclic) bond motifs is 1. The minimum absolute atomic E-state index is 0.0783. The smallest absolute Gasteiger partial charge is 0.254 e. The molecule has 6 nitrogen and oxygen atoms in total. The monoisotopic (exact) mass is 404 g/mol. The number of aromatic nitrogens is 2. The largest absolute Gasteiger partial charge is 0.334 e. The van der Waals surface area contributed by atoms with Gasteiger partial charge in [-0.05, 0) is 30.0 Å². The maximum absolute atomic E-state index is 13.5. The van der Waals surface area contributed by atoms with Gasteiger partial charge in [-0.2, -0.15) is 0 Å². The number of likely N-dealkylation sites (N-methyl/N-ethyl adjacent to an activating group) is 1. The average Bonchev–Trinajstić information content (AvgIpc) is 3.50. The molecule has 0 bridgehead atoms. The van der Waals surface area contributed by atoms with E-state index >= 15 is 0 Å². The molecule has 0 spiro atoms. The lowest BCUT2D eigenvalue weighted by Crippen LogP contribution is -2.44. The van der Waals surface area contributed by atoms with Crippen molar-refractivity contribution in [3.8, 4) is 0 Å². The summed E-state index contributed by atoms with van der Waals surface area (Å²) in [6.45, 7) is 0. The highest BCUT2D eigenvalue weighted by atomic mass is 32.1. The third-order valence-electron chi connectivity index (χ3n) is 5.60. The minimum Gasteiger partial charge on any atom is -0.334 e. The maximum Gasteiger partial charge on any atom is 0.254 e. The van der Waals surface area contributed by atoms with Gasteiger partial charge in [-0.15, -0.1) is 10.2 Å². The van der Waals surface area contributed by atoms with E-state index in [-0.39, 0.29) is 11.8 Å². The minimum atomic E-state index is -0.537. The molecule has 146 valence electrons. The molecule has 1 fully saturated rings. The van der Waals surface area contributed by atoms with E-state index in [2.05, 4.69) is 15.5 Å². The number of hydrogen-bond donors (Lipinski definition) is 1. The highest BCUT2D eigenvalue weighted by Crippen LogP contribution is 2.44. The van der Waals surface area contributed by atoms with Crippen LogP contribution in [0, 0.1) is 0 Å². The molecule has 1 aromatic heterocycles. The summed E-state index contributed by atoms with van der Waals surface area (Å²) in [5.41, 5.74) is 2.24. The predicted molar refractivity (Wildman–Crippen MR) is 111 cm³/mol. The first kappa shape index (κ1) is 18.0. The second kappa shape index (κ2) is 7.08. The molecule has 2 aromatic carbocycles. The van der Waals surface area contributed by atoms with Gasteiger partial charge in [-0.1, -0.05) is 59.9 Å². The molecule has 2 aliphatic rings. The summed E-state index contributed by atoms with van der Waals surface area (Å²) in [5, 5.41) is 12.8. The third kappa shape index (κ3) is 3.21. The first-order valence-electron chi connectivity index (χ1n) is 9.69. The third-order valence-corrected chi connectivity index (χ3v) is 6.60. The van der Waals surface area contributed by atoms with Crippen LogP contribution in [0.15, 0.2) is 54.6 Å². The summed E-state index contributed by atoms with van der Waals surface area (Å²) in [6, 6.07) is 16.7. The lowest BCUT2D eigenvalue weighted by molar-refractivity contribution is -0.119. The van der Waals surface area contributed by atoms with Gasteiger partial charge in [0.15, 0.2) is 0 Å². The summed E-state index contributed by atoms with van der Waals surface area (Å²) < 4.78 is 0. The van der Waals surface area contributed by atoms with E-state index < -0.39 is 12.0 Å². The fourth-order valence-corrected chi connectivity index (χ4v) is 4.90. The van der Waals surface area contributed by atoms with Gasteiger partial charge in [0, 0.05) is 18.5 Å². The first-order valence-corrected chi connectivity index (χ1v) is 10.5. The summed E-state index contributed by atoms with van der Waals surface area (Å²) in [7, 11) is 1.76. The zero-order chi connectivity index (χ0) is 20.0. The van der Waals surface area contributed by atoms with Crippen molar-refractivity contribution in [3.63, 3.8) is 0 Å². The number of nitrogens with one attached hydrogen (secondary N) is 1. The van der Waals surface area contributed by atoms with Gasteiger partial charge in [0.05, 0.1) is 12.0 Å². The normalized spacial score (nSPS) is 21.0. The van der Waals surface area contributed by atoms with Crippen molar-refractivity contribution in [1.82, 2.24) is 15.1 Å². The van der Waals surface area contributed by atoms with Crippen molar-refractivity contribution in [1.29, 1.82) is 0 Å². The molecular formula is C22H20N4O2S. The van der Waals surface area contributed by atoms with E-state index in [1.807, 2.05) is 48.5 Å². The van der Waals surface area contributed by atoms with E-state index in [1.54, 1.807) is 18.0 Å². The van der Waals surface area contributed by atoms with Crippen molar-refractivity contribution in [2.24, 2.45) is 0 Å². The Hall–Kier alpha value is -3.06. The Morgan fingerprint density at radius 2 is 1.79 bits per heavy atom. The quantitative estimate of drug-likeness (QED) is 0.714. The van der Waals surface area contributed by atoms with Gasteiger partial charge in [0.25, 0.3) is 5.91 Å². The summed E-state index contributed by atoms with van der Waals surface area (Å²) in [4.78, 5) is 28.1. The second-order valence-electron chi connectivity index (χ2n) is 7.55. The zero-order valence-corrected chi connectivity index (χ0v) is 16.7. The number of rotatable bonds is 4. The van der Waals surface area contributed by atoms with Crippen LogP contribution in [-0.2, 0) is 4.79 Å². The molecule has 3 aromatic rings. The lowest BCUT2D eigenvalue weighted by atomic mass is 9.79. The van der Waals surface area contributed by atoms with Crippen LogP contribution in [0.1, 0.15) is 57.2 Å². The zero-order valence-electron chi connectivity index (χ0n) is 15.9. The molecule has 0 radical (unpaired) electrons. The number of benzene rings is 2. The molecule has 2 heterocycles. The molecule has 29 heavy (non-hydrogen) atoms. The van der Waals surface area contributed by atoms with Gasteiger partial charge in [0.2, 0.25) is 11.0 Å². The van der Waals surface area contributed by atoms with Crippen LogP contribution < -0.4 is 5.32 Å². The molecule has 0 saturated heterocycles. The molecule has 1 saturated carbocycles. The number of hydrogen-bond acceptors (Lipinski definition) is 5. The Labute approximate surface area is 172 Å². The Kier molecular flexibility index (Phi) is 4.39. The molecule has 5 rings (SSSR count). The van der Waals surface area contributed by atoms with E-state index in [9.17, 15) is 9.59 Å². The topological polar surface area (TPSA) is 75.2 Å². The van der Waals surface area contributed by atoms with E-state index in [0.717, 1.165) is 29.0 Å². The number of carbonyl (C=O) groups is 2. The van der Waals surface area contributed by atoms with Gasteiger partial charge in [-0.3, -0.25) is 14.9 Å². The summed E-state index contributed by atoms with van der Waals surface area (Å²) in [6.07, 6.45) is 2.28. The van der Waals surface area contributed by atoms with Crippen molar-refractivity contribution in [2.45, 2.75) is 30.7 Å². The van der Waals surface area contributed by atoms with Crippen LogP contribution in [0.5, 0.6) is 0 Å². The average molecular weight is 404 g/mol. The Balaban J connectivity index is 1.54. The Bertz CT molecular complexity index is 1080. The predicted octanol–water partition coefficient (Wildman–Crippen LogP) is 3.96. The van der Waals surface area contributed by atoms with Crippen LogP contribution in [0.3, 0.4) is 0 Å². The van der Waals surface area contributed by atoms with Gasteiger partial charge in [0.1, 0.15) is 5.01 Å². The number of carbonyl (C=O) groups excluding carboxylic acids is 2. The van der Waals surface area contributed by atoms with Crippen LogP contribution in [0.25, 0.3) is 0 Å². The van der Waals surface area contributed by atoms with Crippen LogP contribution in [0.4, 0.5) is 5.13 Å². The van der Waals surface area contributed by atoms with Crippen LogP contribution >= 0.6 is 11.3 Å². The van der Waals surface area contributed by atoms with Gasteiger partial charge in [-0.25, -0.2) is 0 Å². The fourth-order valence-electron chi connectivity index (χ4n) is 3.99. The van der Waals surface area contributed by atoms with Gasteiger partial charge < -0.3 is 4.90 Å². The molecule has 2 atom stereocenters. The highest BCUT2D eigenvalue weighted by molar-refractivity contribution is 7.15. The molecule has 2 amide bonds. The van der Waals surface area contributed by atoms with Crippen molar-refractivity contribution in [2.75, 3.05) is 12.4 Å². The Morgan fingerprint density at radius 3 is 2.55 bits per heavy atom. The molecule has 1 N–H and O–H groups in total. The second-order valence-corrected chi connectivity index (χ2v) is 8.55. The van der Waals surface area contributed by atoms with E-state index in [4.69, 9.17) is 0 Å². The fraction of sp³-hybridized carbons (Fsp3) is 0.273. The maximum atomic E-state index is 13.5. The van der Waals surface area contributed by atoms with E-state index in [1.165, 1.54) is 11.3 Å². The van der Waals surface area contributed by atoms with E-state index in [0.29, 0.717) is 16.6 Å². The van der Waals surface area contributed by atoms with Crippen LogP contribution in [-0.4, -0.2) is 34.0 Å². The highest BCUT2D eigenvalue weighted by Gasteiger charge is 2.42. The molecule has 1 aliphatic heterocycles. The van der Waals surface area contributed by atoms with Gasteiger partial charge >= 0.3 is 0 Å². The lowest BCUT2D eigenvalue weighted by Gasteiger charge is -2.39. The van der Waals surface area contributed by atoms with Crippen molar-refractivity contribution >= 4 is 28.3 Å². The SMILES string of the molecule is CN1C(=O)c2ccccc2[C@@H](C(=O)Nc2nnc(C3CC3)s2)[C@H]1c1ccccc1. The standard InChI is InChI=1S/C22H20N4O2S/c1-26-18(13-7-3-2-4-8-13)17(15-9-5-6-10-16(15)21(26)28)19(27)23-22-25-24-20(29-22)14-11-12-14/h2-10,14,17-18H,11-12H2,1H3,(H,23,25,27)/t17-,18-/m1/s1. The Morgan fingerprint density at radius 1 is 1.07 bits per heavy atom. The summed E-state index contributed by atoms with van der Waals surface area (Å²) >= 11 is 1.44.